The smallest absolute Gasteiger partial charge is 0.174 e. The first-order chi connectivity index (χ1) is 8.10. The van der Waals surface area contributed by atoms with Crippen LogP contribution in [0.25, 0.3) is 0 Å². The molecule has 4 nitrogen and oxygen atoms in total. The minimum atomic E-state index is -0.248. The van der Waals surface area contributed by atoms with Gasteiger partial charge in [-0.05, 0) is 6.07 Å². The van der Waals surface area contributed by atoms with Crippen LogP contribution in [-0.4, -0.2) is 6.21 Å². The number of nitrogens with two attached hydrogens (primary N) is 1. The third-order valence-electron chi connectivity index (χ3n) is 1.80. The van der Waals surface area contributed by atoms with Crippen LogP contribution in [0.5, 0.6) is 0 Å². The molecule has 0 heterocycles. The van der Waals surface area contributed by atoms with Gasteiger partial charge in [0.05, 0.1) is 10.0 Å². The van der Waals surface area contributed by atoms with E-state index < -0.39 is 0 Å². The summed E-state index contributed by atoms with van der Waals surface area (Å²) in [5.74, 6) is 0. The Kier molecular flexibility index (Phi) is 4.54. The molecule has 0 aliphatic carbocycles. The first-order valence-corrected chi connectivity index (χ1v) is 5.13. The Morgan fingerprint density at radius 2 is 2.00 bits per heavy atom. The Morgan fingerprint density at radius 1 is 1.29 bits per heavy atom. The Hall–Kier alpha value is -2.01. The molecule has 0 aliphatic heterocycles. The van der Waals surface area contributed by atoms with Crippen LogP contribution in [0, 0.1) is 22.7 Å². The van der Waals surface area contributed by atoms with Gasteiger partial charge in [-0.3, -0.25) is 0 Å². The second-order valence-corrected chi connectivity index (χ2v) is 3.67. The van der Waals surface area contributed by atoms with Crippen LogP contribution >= 0.6 is 23.2 Å². The highest BCUT2D eigenvalue weighted by Crippen LogP contribution is 2.24. The molecule has 0 aromatic heterocycles. The van der Waals surface area contributed by atoms with E-state index in [4.69, 9.17) is 39.5 Å². The lowest BCUT2D eigenvalue weighted by Gasteiger charge is -1.99. The number of nitrogens with zero attached hydrogens (tertiary/aromatic N) is 3. The lowest BCUT2D eigenvalue weighted by atomic mass is 10.2. The summed E-state index contributed by atoms with van der Waals surface area (Å²) in [5, 5.41) is 18.0. The van der Waals surface area contributed by atoms with Crippen molar-refractivity contribution in [1.82, 2.24) is 0 Å². The van der Waals surface area contributed by atoms with Crippen molar-refractivity contribution in [1.29, 1.82) is 10.5 Å². The maximum atomic E-state index is 8.72. The van der Waals surface area contributed by atoms with Crippen LogP contribution in [0.1, 0.15) is 5.56 Å². The molecule has 2 N–H and O–H groups in total. The summed E-state index contributed by atoms with van der Waals surface area (Å²) in [6.45, 7) is 0. The van der Waals surface area contributed by atoms with Gasteiger partial charge < -0.3 is 5.73 Å². The van der Waals surface area contributed by atoms with E-state index in [1.807, 2.05) is 0 Å². The molecule has 1 aromatic rings. The molecule has 0 saturated heterocycles. The van der Waals surface area contributed by atoms with E-state index in [-0.39, 0.29) is 11.4 Å². The highest BCUT2D eigenvalue weighted by atomic mass is 35.5. The molecule has 1 aromatic carbocycles. The minimum Gasteiger partial charge on any atom is -0.388 e. The van der Waals surface area contributed by atoms with E-state index >= 15 is 0 Å². The van der Waals surface area contributed by atoms with Gasteiger partial charge in [-0.1, -0.05) is 35.3 Å². The van der Waals surface area contributed by atoms with Crippen molar-refractivity contribution in [2.75, 3.05) is 0 Å². The van der Waals surface area contributed by atoms with Gasteiger partial charge in [0.2, 0.25) is 0 Å². The lowest BCUT2D eigenvalue weighted by molar-refractivity contribution is 1.27. The van der Waals surface area contributed by atoms with Crippen LogP contribution < -0.4 is 5.73 Å². The van der Waals surface area contributed by atoms with Crippen molar-refractivity contribution in [2.45, 2.75) is 0 Å². The molecular formula is C11H6Cl2N4. The van der Waals surface area contributed by atoms with Crippen molar-refractivity contribution in [3.8, 4) is 12.1 Å². The molecule has 0 amide bonds. The fourth-order valence-corrected chi connectivity index (χ4v) is 1.32. The largest absolute Gasteiger partial charge is 0.388 e. The van der Waals surface area contributed by atoms with Gasteiger partial charge in [0.25, 0.3) is 0 Å². The number of benzene rings is 1. The molecule has 0 spiro atoms. The number of nitriles is 2. The van der Waals surface area contributed by atoms with Crippen molar-refractivity contribution in [3.63, 3.8) is 0 Å². The Labute approximate surface area is 108 Å². The fourth-order valence-electron chi connectivity index (χ4n) is 0.966. The quantitative estimate of drug-likeness (QED) is 0.658. The van der Waals surface area contributed by atoms with Crippen molar-refractivity contribution in [3.05, 3.63) is 45.2 Å². The second-order valence-electron chi connectivity index (χ2n) is 2.89. The molecule has 0 saturated carbocycles. The molecular weight excluding hydrogens is 259 g/mol. The molecule has 0 radical (unpaired) electrons. The van der Waals surface area contributed by atoms with E-state index in [9.17, 15) is 0 Å². The lowest BCUT2D eigenvalue weighted by Crippen LogP contribution is -1.97. The van der Waals surface area contributed by atoms with E-state index in [1.165, 1.54) is 6.21 Å². The monoisotopic (exact) mass is 264 g/mol. The molecule has 17 heavy (non-hydrogen) atoms. The highest BCUT2D eigenvalue weighted by Gasteiger charge is 2.03. The van der Waals surface area contributed by atoms with E-state index in [0.29, 0.717) is 15.6 Å². The standard InChI is InChI=1S/C11H6Cl2N4/c12-8-3-1-2-7(11(8)13)6-17-10(5-15)9(16)4-14/h1-3,6H,16H2. The number of aliphatic imine (C=N–C) groups is 1. The summed E-state index contributed by atoms with van der Waals surface area (Å²) in [6, 6.07) is 8.36. The summed E-state index contributed by atoms with van der Waals surface area (Å²) < 4.78 is 0. The van der Waals surface area contributed by atoms with Crippen LogP contribution in [0.4, 0.5) is 0 Å². The third-order valence-corrected chi connectivity index (χ3v) is 2.63. The summed E-state index contributed by atoms with van der Waals surface area (Å²) >= 11 is 11.7. The van der Waals surface area contributed by atoms with E-state index in [1.54, 1.807) is 30.3 Å². The van der Waals surface area contributed by atoms with Crippen molar-refractivity contribution in [2.24, 2.45) is 10.7 Å². The van der Waals surface area contributed by atoms with Gasteiger partial charge in [-0.2, -0.15) is 10.5 Å². The molecule has 0 atom stereocenters. The number of hydrogen-bond acceptors (Lipinski definition) is 4. The Morgan fingerprint density at radius 3 is 2.59 bits per heavy atom. The van der Waals surface area contributed by atoms with Crippen LogP contribution in [0.2, 0.25) is 10.0 Å². The molecule has 0 fully saturated rings. The van der Waals surface area contributed by atoms with Gasteiger partial charge >= 0.3 is 0 Å². The first kappa shape index (κ1) is 13.1. The minimum absolute atomic E-state index is 0.163. The number of hydrogen-bond donors (Lipinski definition) is 1. The van der Waals surface area contributed by atoms with Crippen LogP contribution in [0.3, 0.4) is 0 Å². The summed E-state index contributed by atoms with van der Waals surface area (Å²) in [4.78, 5) is 3.79. The summed E-state index contributed by atoms with van der Waals surface area (Å²) in [5.41, 5.74) is 5.41. The van der Waals surface area contributed by atoms with Crippen LogP contribution in [0.15, 0.2) is 34.6 Å². The van der Waals surface area contributed by atoms with Gasteiger partial charge in [0.1, 0.15) is 17.8 Å². The van der Waals surface area contributed by atoms with Crippen molar-refractivity contribution < 1.29 is 0 Å². The summed E-state index contributed by atoms with van der Waals surface area (Å²) in [7, 11) is 0. The van der Waals surface area contributed by atoms with E-state index in [0.717, 1.165) is 0 Å². The SMILES string of the molecule is N#CC(N)=C(C#N)N=Cc1cccc(Cl)c1Cl. The topological polar surface area (TPSA) is 86.0 Å². The molecule has 6 heteroatoms. The maximum absolute atomic E-state index is 8.72. The Balaban J connectivity index is 3.12. The average Bonchev–Trinajstić information content (AvgIpc) is 2.34. The predicted molar refractivity (Wildman–Crippen MR) is 66.5 cm³/mol. The van der Waals surface area contributed by atoms with E-state index in [2.05, 4.69) is 4.99 Å². The zero-order valence-electron chi connectivity index (χ0n) is 8.48. The Bertz CT molecular complexity index is 576. The molecule has 0 aliphatic rings. The number of halogens is 2. The third kappa shape index (κ3) is 3.22. The summed E-state index contributed by atoms with van der Waals surface area (Å²) in [6.07, 6.45) is 1.33. The van der Waals surface area contributed by atoms with Gasteiger partial charge in [0, 0.05) is 11.8 Å². The molecule has 84 valence electrons. The maximum Gasteiger partial charge on any atom is 0.174 e. The zero-order chi connectivity index (χ0) is 12.8. The normalized spacial score (nSPS) is 11.8. The van der Waals surface area contributed by atoms with Crippen molar-refractivity contribution >= 4 is 29.4 Å². The first-order valence-electron chi connectivity index (χ1n) is 4.38. The number of allylic oxidation sites excluding steroid dienone is 2. The molecule has 1 rings (SSSR count). The fraction of sp³-hybridized carbons (Fsp3) is 0. The predicted octanol–water partition coefficient (Wildman–Crippen LogP) is 2.63. The average molecular weight is 265 g/mol. The van der Waals surface area contributed by atoms with Gasteiger partial charge in [-0.15, -0.1) is 0 Å². The van der Waals surface area contributed by atoms with Gasteiger partial charge in [-0.25, -0.2) is 4.99 Å². The zero-order valence-corrected chi connectivity index (χ0v) is 10.00. The highest BCUT2D eigenvalue weighted by molar-refractivity contribution is 6.43. The van der Waals surface area contributed by atoms with Crippen LogP contribution in [-0.2, 0) is 0 Å². The molecule has 0 unspecified atom stereocenters. The van der Waals surface area contributed by atoms with Gasteiger partial charge in [0.15, 0.2) is 5.70 Å². The number of rotatable bonds is 2. The molecule has 0 bridgehead atoms. The second kappa shape index (κ2) is 5.91.